The van der Waals surface area contributed by atoms with Gasteiger partial charge in [-0.15, -0.1) is 0 Å². The van der Waals surface area contributed by atoms with Gasteiger partial charge in [0.2, 0.25) is 0 Å². The van der Waals surface area contributed by atoms with Gasteiger partial charge in [-0.25, -0.2) is 4.98 Å². The van der Waals surface area contributed by atoms with Crippen LogP contribution in [0.3, 0.4) is 0 Å². The summed E-state index contributed by atoms with van der Waals surface area (Å²) >= 11 is 0. The Bertz CT molecular complexity index is 685. The van der Waals surface area contributed by atoms with Crippen molar-refractivity contribution in [3.63, 3.8) is 0 Å². The molecular weight excluding hydrogens is 270 g/mol. The highest BCUT2D eigenvalue weighted by Crippen LogP contribution is 2.09. The van der Waals surface area contributed by atoms with Gasteiger partial charge in [0.15, 0.2) is 5.76 Å². The Labute approximate surface area is 121 Å². The van der Waals surface area contributed by atoms with Crippen LogP contribution in [0, 0.1) is 0 Å². The minimum atomic E-state index is -0.221. The van der Waals surface area contributed by atoms with E-state index in [0.29, 0.717) is 31.0 Å². The first-order valence-corrected chi connectivity index (χ1v) is 6.63. The predicted octanol–water partition coefficient (Wildman–Crippen LogP) is 1.22. The Morgan fingerprint density at radius 3 is 3.14 bits per heavy atom. The molecule has 0 bridgehead atoms. The quantitative estimate of drug-likeness (QED) is 0.712. The molecule has 0 radical (unpaired) electrons. The zero-order chi connectivity index (χ0) is 14.5. The standard InChI is InChI=1S/C14H15N5O2/c20-14(16-6-4-11-8-15-10-17-11)13-3-2-12(21-13)9-19-7-1-5-18-19/h1-3,5,7-8,10H,4,6,9H2,(H,15,17)(H,16,20). The molecule has 2 N–H and O–H groups in total. The summed E-state index contributed by atoms with van der Waals surface area (Å²) in [6.45, 7) is 1.03. The average Bonchev–Trinajstić information content (AvgIpc) is 3.20. The molecule has 0 fully saturated rings. The highest BCUT2D eigenvalue weighted by molar-refractivity contribution is 5.91. The second kappa shape index (κ2) is 6.08. The van der Waals surface area contributed by atoms with Gasteiger partial charge in [0.05, 0.1) is 12.9 Å². The van der Waals surface area contributed by atoms with Crippen LogP contribution < -0.4 is 5.32 Å². The normalized spacial score (nSPS) is 10.7. The van der Waals surface area contributed by atoms with E-state index < -0.39 is 0 Å². The maximum absolute atomic E-state index is 11.9. The number of carbonyl (C=O) groups is 1. The molecule has 0 aromatic carbocycles. The average molecular weight is 285 g/mol. The molecule has 0 saturated carbocycles. The van der Waals surface area contributed by atoms with E-state index in [1.807, 2.05) is 12.3 Å². The lowest BCUT2D eigenvalue weighted by Crippen LogP contribution is -2.25. The molecule has 0 unspecified atom stereocenters. The van der Waals surface area contributed by atoms with Gasteiger partial charge in [-0.1, -0.05) is 0 Å². The summed E-state index contributed by atoms with van der Waals surface area (Å²) in [5, 5.41) is 6.90. The van der Waals surface area contributed by atoms with Crippen LogP contribution in [0.2, 0.25) is 0 Å². The fourth-order valence-corrected chi connectivity index (χ4v) is 1.96. The van der Waals surface area contributed by atoms with Gasteiger partial charge >= 0.3 is 0 Å². The van der Waals surface area contributed by atoms with Crippen molar-refractivity contribution in [2.24, 2.45) is 0 Å². The molecule has 3 heterocycles. The Kier molecular flexibility index (Phi) is 3.81. The third kappa shape index (κ3) is 3.38. The summed E-state index contributed by atoms with van der Waals surface area (Å²) in [7, 11) is 0. The third-order valence-electron chi connectivity index (χ3n) is 3.00. The van der Waals surface area contributed by atoms with Gasteiger partial charge in [-0.2, -0.15) is 5.10 Å². The zero-order valence-corrected chi connectivity index (χ0v) is 11.3. The molecule has 108 valence electrons. The predicted molar refractivity (Wildman–Crippen MR) is 74.7 cm³/mol. The van der Waals surface area contributed by atoms with Crippen molar-refractivity contribution >= 4 is 5.91 Å². The number of imidazole rings is 1. The van der Waals surface area contributed by atoms with E-state index in [9.17, 15) is 4.79 Å². The number of hydrogen-bond donors (Lipinski definition) is 2. The molecule has 0 atom stereocenters. The zero-order valence-electron chi connectivity index (χ0n) is 11.3. The SMILES string of the molecule is O=C(NCCc1cnc[nH]1)c1ccc(Cn2cccn2)o1. The maximum Gasteiger partial charge on any atom is 0.287 e. The molecule has 3 aromatic rings. The number of aromatic amines is 1. The second-order valence-electron chi connectivity index (χ2n) is 4.55. The minimum absolute atomic E-state index is 0.221. The van der Waals surface area contributed by atoms with E-state index in [-0.39, 0.29) is 5.91 Å². The highest BCUT2D eigenvalue weighted by atomic mass is 16.4. The first-order valence-electron chi connectivity index (χ1n) is 6.63. The van der Waals surface area contributed by atoms with E-state index in [1.165, 1.54) is 0 Å². The van der Waals surface area contributed by atoms with Gasteiger partial charge in [-0.05, 0) is 18.2 Å². The van der Waals surface area contributed by atoms with Gasteiger partial charge < -0.3 is 14.7 Å². The van der Waals surface area contributed by atoms with Crippen molar-refractivity contribution in [3.8, 4) is 0 Å². The van der Waals surface area contributed by atoms with Crippen molar-refractivity contribution in [1.29, 1.82) is 0 Å². The number of carbonyl (C=O) groups excluding carboxylic acids is 1. The van der Waals surface area contributed by atoms with Gasteiger partial charge in [0, 0.05) is 37.3 Å². The van der Waals surface area contributed by atoms with Crippen molar-refractivity contribution in [2.45, 2.75) is 13.0 Å². The lowest BCUT2D eigenvalue weighted by atomic mass is 10.3. The number of nitrogens with one attached hydrogen (secondary N) is 2. The lowest BCUT2D eigenvalue weighted by molar-refractivity contribution is 0.0924. The third-order valence-corrected chi connectivity index (χ3v) is 3.00. The maximum atomic E-state index is 11.9. The van der Waals surface area contributed by atoms with Crippen LogP contribution in [0.5, 0.6) is 0 Å². The molecule has 7 heteroatoms. The molecule has 21 heavy (non-hydrogen) atoms. The van der Waals surface area contributed by atoms with Gasteiger partial charge in [0.1, 0.15) is 5.76 Å². The van der Waals surface area contributed by atoms with Crippen molar-refractivity contribution in [1.82, 2.24) is 25.1 Å². The summed E-state index contributed by atoms with van der Waals surface area (Å²) in [6.07, 6.45) is 7.59. The molecule has 1 amide bonds. The van der Waals surface area contributed by atoms with Crippen LogP contribution in [0.4, 0.5) is 0 Å². The number of rotatable bonds is 6. The molecule has 0 aliphatic rings. The second-order valence-corrected chi connectivity index (χ2v) is 4.55. The van der Waals surface area contributed by atoms with Crippen molar-refractivity contribution in [2.75, 3.05) is 6.54 Å². The number of furan rings is 1. The van der Waals surface area contributed by atoms with E-state index in [1.54, 1.807) is 35.5 Å². The summed E-state index contributed by atoms with van der Waals surface area (Å²) in [5.41, 5.74) is 0.981. The fraction of sp³-hybridized carbons (Fsp3) is 0.214. The van der Waals surface area contributed by atoms with Crippen LogP contribution in [-0.2, 0) is 13.0 Å². The van der Waals surface area contributed by atoms with E-state index in [0.717, 1.165) is 5.69 Å². The van der Waals surface area contributed by atoms with E-state index in [2.05, 4.69) is 20.4 Å². The van der Waals surface area contributed by atoms with Crippen LogP contribution in [-0.4, -0.2) is 32.2 Å². The Morgan fingerprint density at radius 2 is 2.38 bits per heavy atom. The van der Waals surface area contributed by atoms with Crippen LogP contribution in [0.1, 0.15) is 22.0 Å². The molecule has 0 saturated heterocycles. The van der Waals surface area contributed by atoms with Crippen LogP contribution in [0.25, 0.3) is 0 Å². The largest absolute Gasteiger partial charge is 0.454 e. The molecule has 0 aliphatic heterocycles. The monoisotopic (exact) mass is 285 g/mol. The molecule has 0 spiro atoms. The molecule has 3 aromatic heterocycles. The van der Waals surface area contributed by atoms with Gasteiger partial charge in [-0.3, -0.25) is 9.48 Å². The number of aromatic nitrogens is 4. The summed E-state index contributed by atoms with van der Waals surface area (Å²) in [4.78, 5) is 18.8. The number of amides is 1. The molecular formula is C14H15N5O2. The first-order chi connectivity index (χ1) is 10.3. The lowest BCUT2D eigenvalue weighted by Gasteiger charge is -2.02. The summed E-state index contributed by atoms with van der Waals surface area (Å²) in [5.74, 6) is 0.778. The number of hydrogen-bond acceptors (Lipinski definition) is 4. The Morgan fingerprint density at radius 1 is 1.43 bits per heavy atom. The molecule has 7 nitrogen and oxygen atoms in total. The fourth-order valence-electron chi connectivity index (χ4n) is 1.96. The van der Waals surface area contributed by atoms with Crippen LogP contribution >= 0.6 is 0 Å². The minimum Gasteiger partial charge on any atom is -0.454 e. The van der Waals surface area contributed by atoms with E-state index in [4.69, 9.17) is 4.42 Å². The Hall–Kier alpha value is -2.83. The molecule has 3 rings (SSSR count). The van der Waals surface area contributed by atoms with Gasteiger partial charge in [0.25, 0.3) is 5.91 Å². The van der Waals surface area contributed by atoms with Crippen molar-refractivity contribution < 1.29 is 9.21 Å². The Balaban J connectivity index is 1.51. The van der Waals surface area contributed by atoms with E-state index >= 15 is 0 Å². The summed E-state index contributed by atoms with van der Waals surface area (Å²) < 4.78 is 7.25. The summed E-state index contributed by atoms with van der Waals surface area (Å²) in [6, 6.07) is 5.29. The first kappa shape index (κ1) is 13.2. The van der Waals surface area contributed by atoms with Crippen LogP contribution in [0.15, 0.2) is 47.5 Å². The number of H-pyrrole nitrogens is 1. The smallest absolute Gasteiger partial charge is 0.287 e. The topological polar surface area (TPSA) is 88.7 Å². The highest BCUT2D eigenvalue weighted by Gasteiger charge is 2.11. The van der Waals surface area contributed by atoms with Crippen molar-refractivity contribution in [3.05, 3.63) is 60.3 Å². The molecule has 0 aliphatic carbocycles. The number of nitrogens with zero attached hydrogens (tertiary/aromatic N) is 3.